The number of anilines is 3. The first-order valence-electron chi connectivity index (χ1n) is 8.17. The van der Waals surface area contributed by atoms with Crippen molar-refractivity contribution in [1.82, 2.24) is 19.7 Å². The Bertz CT molecular complexity index is 945. The number of nitrogens with zero attached hydrogens (tertiary/aromatic N) is 5. The third kappa shape index (κ3) is 2.86. The average Bonchev–Trinajstić information content (AvgIpc) is 3.26. The van der Waals surface area contributed by atoms with Gasteiger partial charge in [0.2, 0.25) is 5.95 Å². The molecule has 0 radical (unpaired) electrons. The molecule has 0 aliphatic carbocycles. The maximum absolute atomic E-state index is 11.2. The lowest BCUT2D eigenvalue weighted by Crippen LogP contribution is -2.21. The SMILES string of the molecule is Cn1ncc2c(Nc3cccc(C(=O)O)c3)nc(N3CCCC3)nc21. The van der Waals surface area contributed by atoms with Gasteiger partial charge in [-0.15, -0.1) is 0 Å². The Hall–Kier alpha value is -3.16. The van der Waals surface area contributed by atoms with Crippen molar-refractivity contribution < 1.29 is 9.90 Å². The zero-order valence-corrected chi connectivity index (χ0v) is 13.8. The van der Waals surface area contributed by atoms with E-state index in [9.17, 15) is 4.79 Å². The van der Waals surface area contributed by atoms with Crippen molar-refractivity contribution in [2.24, 2.45) is 7.05 Å². The van der Waals surface area contributed by atoms with Gasteiger partial charge in [-0.25, -0.2) is 4.79 Å². The number of fused-ring (bicyclic) bond motifs is 1. The van der Waals surface area contributed by atoms with Gasteiger partial charge in [0.05, 0.1) is 17.1 Å². The van der Waals surface area contributed by atoms with Gasteiger partial charge in [0.1, 0.15) is 5.82 Å². The van der Waals surface area contributed by atoms with Crippen LogP contribution in [0.1, 0.15) is 23.2 Å². The minimum Gasteiger partial charge on any atom is -0.478 e. The van der Waals surface area contributed by atoms with Crippen LogP contribution in [0.5, 0.6) is 0 Å². The van der Waals surface area contributed by atoms with Gasteiger partial charge in [-0.1, -0.05) is 6.07 Å². The smallest absolute Gasteiger partial charge is 0.335 e. The molecule has 8 nitrogen and oxygen atoms in total. The van der Waals surface area contributed by atoms with E-state index in [1.165, 1.54) is 0 Å². The Morgan fingerprint density at radius 3 is 2.80 bits per heavy atom. The summed E-state index contributed by atoms with van der Waals surface area (Å²) in [7, 11) is 1.85. The molecule has 2 aromatic heterocycles. The van der Waals surface area contributed by atoms with E-state index in [-0.39, 0.29) is 5.56 Å². The highest BCUT2D eigenvalue weighted by atomic mass is 16.4. The maximum atomic E-state index is 11.2. The largest absolute Gasteiger partial charge is 0.478 e. The van der Waals surface area contributed by atoms with Gasteiger partial charge in [0.25, 0.3) is 0 Å². The van der Waals surface area contributed by atoms with Crippen molar-refractivity contribution >= 4 is 34.5 Å². The Labute approximate surface area is 144 Å². The molecule has 1 aliphatic rings. The van der Waals surface area contributed by atoms with E-state index in [0.29, 0.717) is 17.5 Å². The molecule has 2 N–H and O–H groups in total. The fraction of sp³-hybridized carbons (Fsp3) is 0.294. The highest BCUT2D eigenvalue weighted by molar-refractivity contribution is 5.91. The number of hydrogen-bond donors (Lipinski definition) is 2. The zero-order chi connectivity index (χ0) is 17.4. The van der Waals surface area contributed by atoms with Crippen molar-refractivity contribution in [1.29, 1.82) is 0 Å². The summed E-state index contributed by atoms with van der Waals surface area (Å²) in [5, 5.41) is 17.5. The van der Waals surface area contributed by atoms with Gasteiger partial charge in [-0.2, -0.15) is 15.1 Å². The molecule has 1 saturated heterocycles. The predicted octanol–water partition coefficient (Wildman–Crippen LogP) is 2.41. The number of hydrogen-bond acceptors (Lipinski definition) is 6. The van der Waals surface area contributed by atoms with E-state index in [4.69, 9.17) is 5.11 Å². The second kappa shape index (κ2) is 6.04. The fourth-order valence-corrected chi connectivity index (χ4v) is 3.03. The zero-order valence-electron chi connectivity index (χ0n) is 13.8. The number of benzene rings is 1. The topological polar surface area (TPSA) is 96.2 Å². The minimum absolute atomic E-state index is 0.223. The number of carboxylic acids is 1. The number of carbonyl (C=O) groups is 1. The van der Waals surface area contributed by atoms with Gasteiger partial charge >= 0.3 is 5.97 Å². The summed E-state index contributed by atoms with van der Waals surface area (Å²) >= 11 is 0. The van der Waals surface area contributed by atoms with Gasteiger partial charge in [-0.05, 0) is 31.0 Å². The van der Waals surface area contributed by atoms with E-state index in [1.807, 2.05) is 13.1 Å². The fourth-order valence-electron chi connectivity index (χ4n) is 3.03. The molecule has 3 aromatic rings. The number of aromatic carboxylic acids is 1. The van der Waals surface area contributed by atoms with Gasteiger partial charge in [-0.3, -0.25) is 4.68 Å². The van der Waals surface area contributed by atoms with Crippen molar-refractivity contribution in [3.63, 3.8) is 0 Å². The molecule has 25 heavy (non-hydrogen) atoms. The molecule has 1 aromatic carbocycles. The third-order valence-corrected chi connectivity index (χ3v) is 4.34. The summed E-state index contributed by atoms with van der Waals surface area (Å²) in [6.07, 6.45) is 3.99. The molecular formula is C17H18N6O2. The minimum atomic E-state index is -0.962. The second-order valence-electron chi connectivity index (χ2n) is 6.08. The van der Waals surface area contributed by atoms with Gasteiger partial charge < -0.3 is 15.3 Å². The number of aryl methyl sites for hydroxylation is 1. The first-order chi connectivity index (χ1) is 12.1. The lowest BCUT2D eigenvalue weighted by Gasteiger charge is -2.17. The summed E-state index contributed by atoms with van der Waals surface area (Å²) in [6.45, 7) is 1.88. The van der Waals surface area contributed by atoms with E-state index < -0.39 is 5.97 Å². The normalized spacial score (nSPS) is 14.2. The van der Waals surface area contributed by atoms with Crippen LogP contribution < -0.4 is 10.2 Å². The Morgan fingerprint density at radius 1 is 1.24 bits per heavy atom. The predicted molar refractivity (Wildman–Crippen MR) is 94.4 cm³/mol. The highest BCUT2D eigenvalue weighted by Crippen LogP contribution is 2.27. The van der Waals surface area contributed by atoms with Crippen LogP contribution in [-0.2, 0) is 7.05 Å². The number of nitrogens with one attached hydrogen (secondary N) is 1. The summed E-state index contributed by atoms with van der Waals surface area (Å²) in [5.74, 6) is 0.337. The van der Waals surface area contributed by atoms with E-state index in [2.05, 4.69) is 25.3 Å². The second-order valence-corrected chi connectivity index (χ2v) is 6.08. The molecule has 0 bridgehead atoms. The van der Waals surface area contributed by atoms with Gasteiger partial charge in [0, 0.05) is 25.8 Å². The summed E-state index contributed by atoms with van der Waals surface area (Å²) in [5.41, 5.74) is 1.63. The molecule has 0 atom stereocenters. The lowest BCUT2D eigenvalue weighted by atomic mass is 10.2. The molecule has 0 saturated carbocycles. The van der Waals surface area contributed by atoms with Crippen molar-refractivity contribution in [2.75, 3.05) is 23.3 Å². The van der Waals surface area contributed by atoms with E-state index in [0.717, 1.165) is 37.0 Å². The van der Waals surface area contributed by atoms with Crippen LogP contribution in [0.2, 0.25) is 0 Å². The van der Waals surface area contributed by atoms with Crippen molar-refractivity contribution in [3.8, 4) is 0 Å². The molecular weight excluding hydrogens is 320 g/mol. The monoisotopic (exact) mass is 338 g/mol. The number of carboxylic acid groups (broad SMARTS) is 1. The lowest BCUT2D eigenvalue weighted by molar-refractivity contribution is 0.0697. The molecule has 0 spiro atoms. The quantitative estimate of drug-likeness (QED) is 0.754. The summed E-state index contributed by atoms with van der Waals surface area (Å²) in [6, 6.07) is 6.66. The van der Waals surface area contributed by atoms with Crippen LogP contribution in [-0.4, -0.2) is 43.9 Å². The number of rotatable bonds is 4. The molecule has 0 amide bonds. The maximum Gasteiger partial charge on any atom is 0.335 e. The average molecular weight is 338 g/mol. The van der Waals surface area contributed by atoms with Crippen molar-refractivity contribution in [3.05, 3.63) is 36.0 Å². The molecule has 4 rings (SSSR count). The number of aromatic nitrogens is 4. The molecule has 8 heteroatoms. The van der Waals surface area contributed by atoms with Crippen LogP contribution >= 0.6 is 0 Å². The van der Waals surface area contributed by atoms with Crippen LogP contribution in [0.15, 0.2) is 30.5 Å². The first kappa shape index (κ1) is 15.4. The van der Waals surface area contributed by atoms with Crippen molar-refractivity contribution in [2.45, 2.75) is 12.8 Å². The summed E-state index contributed by atoms with van der Waals surface area (Å²) < 4.78 is 1.72. The van der Waals surface area contributed by atoms with Gasteiger partial charge in [0.15, 0.2) is 5.65 Å². The molecule has 1 aliphatic heterocycles. The van der Waals surface area contributed by atoms with E-state index >= 15 is 0 Å². The summed E-state index contributed by atoms with van der Waals surface area (Å²) in [4.78, 5) is 22.6. The highest BCUT2D eigenvalue weighted by Gasteiger charge is 2.19. The van der Waals surface area contributed by atoms with Crippen LogP contribution in [0.25, 0.3) is 11.0 Å². The Kier molecular flexibility index (Phi) is 3.72. The Balaban J connectivity index is 1.77. The molecule has 0 unspecified atom stereocenters. The third-order valence-electron chi connectivity index (χ3n) is 4.34. The van der Waals surface area contributed by atoms with Crippen LogP contribution in [0.3, 0.4) is 0 Å². The van der Waals surface area contributed by atoms with E-state index in [1.54, 1.807) is 29.1 Å². The molecule has 1 fully saturated rings. The first-order valence-corrected chi connectivity index (χ1v) is 8.17. The Morgan fingerprint density at radius 2 is 2.04 bits per heavy atom. The van der Waals surface area contributed by atoms with Crippen LogP contribution in [0, 0.1) is 0 Å². The molecule has 128 valence electrons. The van der Waals surface area contributed by atoms with Crippen LogP contribution in [0.4, 0.5) is 17.5 Å². The molecule has 3 heterocycles. The standard InChI is InChI=1S/C17H18N6O2/c1-22-15-13(10-18-22)14(20-17(21-15)23-7-2-3-8-23)19-12-6-4-5-11(9-12)16(24)25/h4-6,9-10H,2-3,7-8H2,1H3,(H,24,25)(H,19,20,21).